The van der Waals surface area contributed by atoms with E-state index in [0.29, 0.717) is 11.3 Å². The highest BCUT2D eigenvalue weighted by Crippen LogP contribution is 2.20. The number of thioether (sulfide) groups is 1. The molecule has 0 aliphatic heterocycles. The Morgan fingerprint density at radius 1 is 0.913 bits per heavy atom. The molecule has 0 aromatic heterocycles. The summed E-state index contributed by atoms with van der Waals surface area (Å²) in [6, 6.07) is 7.18. The average Bonchev–Trinajstić information content (AvgIpc) is 2.27. The van der Waals surface area contributed by atoms with E-state index < -0.39 is 14.5 Å². The smallest absolute Gasteiger partial charge is 0.418 e. The van der Waals surface area contributed by atoms with E-state index in [0.717, 1.165) is 16.7 Å². The highest BCUT2D eigenvalue weighted by molar-refractivity contribution is 8.03. The van der Waals surface area contributed by atoms with Gasteiger partial charge in [-0.1, -0.05) is 0 Å². The predicted molar refractivity (Wildman–Crippen MR) is 71.5 cm³/mol. The maximum atomic E-state index is 9.75. The van der Waals surface area contributed by atoms with Crippen LogP contribution in [-0.2, 0) is 0 Å². The van der Waals surface area contributed by atoms with E-state index in [1.165, 1.54) is 0 Å². The molecule has 0 unspecified atom stereocenters. The number of hydrogen-bond donors (Lipinski definition) is 2. The second-order valence-electron chi connectivity index (χ2n) is 3.11. The van der Waals surface area contributed by atoms with Gasteiger partial charge in [0.1, 0.15) is 22.7 Å². The second kappa shape index (κ2) is 11.6. The molecule has 0 aliphatic rings. The van der Waals surface area contributed by atoms with Crippen LogP contribution in [0.25, 0.3) is 0 Å². The van der Waals surface area contributed by atoms with Gasteiger partial charge in [0.15, 0.2) is 0 Å². The number of halogens is 8. The number of rotatable bonds is 1. The van der Waals surface area contributed by atoms with Gasteiger partial charge in [-0.2, -0.15) is 10.5 Å². The zero-order chi connectivity index (χ0) is 18.0. The predicted octanol–water partition coefficient (Wildman–Crippen LogP) is 3.98. The third-order valence-electron chi connectivity index (χ3n) is 1.37. The SMILES string of the molecule is F[B-](F)(F)F.F[B-](F)(F)F.N#CSc1ccc([NH3+])c(C#N)c1.[NH4+]. The zero-order valence-electron chi connectivity index (χ0n) is 11.4. The topological polar surface area (TPSA) is 112 Å². The van der Waals surface area contributed by atoms with Crippen molar-refractivity contribution in [2.45, 2.75) is 4.90 Å². The van der Waals surface area contributed by atoms with Crippen molar-refractivity contribution in [1.82, 2.24) is 6.15 Å². The Kier molecular flexibility index (Phi) is 13.1. The molecule has 0 saturated carbocycles. The summed E-state index contributed by atoms with van der Waals surface area (Å²) < 4.78 is 78.0. The van der Waals surface area contributed by atoms with Gasteiger partial charge >= 0.3 is 14.5 Å². The second-order valence-corrected chi connectivity index (χ2v) is 3.97. The van der Waals surface area contributed by atoms with Crippen LogP contribution in [-0.4, -0.2) is 14.5 Å². The van der Waals surface area contributed by atoms with E-state index in [-0.39, 0.29) is 6.15 Å². The van der Waals surface area contributed by atoms with Crippen molar-refractivity contribution in [3.05, 3.63) is 23.8 Å². The van der Waals surface area contributed by atoms with E-state index in [4.69, 9.17) is 10.5 Å². The molecule has 0 heterocycles. The van der Waals surface area contributed by atoms with Crippen LogP contribution in [0.5, 0.6) is 0 Å². The average molecular weight is 368 g/mol. The fourth-order valence-electron chi connectivity index (χ4n) is 0.776. The van der Waals surface area contributed by atoms with Gasteiger partial charge in [-0.15, -0.1) is 0 Å². The molecule has 1 rings (SSSR count). The summed E-state index contributed by atoms with van der Waals surface area (Å²) >= 11 is 1.04. The molecular formula is C8H10B2F8N4S. The van der Waals surface area contributed by atoms with Gasteiger partial charge in [-0.25, -0.2) is 0 Å². The van der Waals surface area contributed by atoms with Crippen molar-refractivity contribution in [3.8, 4) is 11.5 Å². The molecule has 4 nitrogen and oxygen atoms in total. The Labute approximate surface area is 130 Å². The van der Waals surface area contributed by atoms with Crippen molar-refractivity contribution in [2.75, 3.05) is 0 Å². The fraction of sp³-hybridized carbons (Fsp3) is 0. The highest BCUT2D eigenvalue weighted by Gasteiger charge is 2.21. The molecule has 0 atom stereocenters. The summed E-state index contributed by atoms with van der Waals surface area (Å²) in [5.41, 5.74) is 4.90. The molecule has 130 valence electrons. The largest absolute Gasteiger partial charge is 0.673 e. The lowest BCUT2D eigenvalue weighted by Crippen LogP contribution is -2.41. The Morgan fingerprint density at radius 3 is 1.61 bits per heavy atom. The quantitative estimate of drug-likeness (QED) is 0.338. The van der Waals surface area contributed by atoms with Crippen molar-refractivity contribution in [2.24, 2.45) is 0 Å². The number of nitrogens with zero attached hydrogens (tertiary/aromatic N) is 2. The summed E-state index contributed by atoms with van der Waals surface area (Å²) in [5.74, 6) is 0. The lowest BCUT2D eigenvalue weighted by atomic mass is 10.2. The molecule has 1 aromatic carbocycles. The lowest BCUT2D eigenvalue weighted by Gasteiger charge is -1.94. The first kappa shape index (κ1) is 26.0. The zero-order valence-corrected chi connectivity index (χ0v) is 12.2. The first-order valence-corrected chi connectivity index (χ1v) is 5.76. The molecular weight excluding hydrogens is 358 g/mol. The van der Waals surface area contributed by atoms with E-state index in [1.807, 2.05) is 11.5 Å². The van der Waals surface area contributed by atoms with E-state index in [9.17, 15) is 34.5 Å². The minimum absolute atomic E-state index is 0. The number of hydrogen-bond acceptors (Lipinski definition) is 3. The molecule has 0 radical (unpaired) electrons. The van der Waals surface area contributed by atoms with E-state index in [1.54, 1.807) is 18.2 Å². The monoisotopic (exact) mass is 368 g/mol. The van der Waals surface area contributed by atoms with Crippen LogP contribution in [0.1, 0.15) is 5.56 Å². The van der Waals surface area contributed by atoms with Gasteiger partial charge in [0, 0.05) is 11.0 Å². The molecule has 15 heteroatoms. The molecule has 7 N–H and O–H groups in total. The van der Waals surface area contributed by atoms with Gasteiger partial charge in [0.2, 0.25) is 0 Å². The van der Waals surface area contributed by atoms with E-state index in [2.05, 4.69) is 5.73 Å². The molecule has 0 aliphatic carbocycles. The van der Waals surface area contributed by atoms with Crippen LogP contribution in [0.2, 0.25) is 0 Å². The van der Waals surface area contributed by atoms with Gasteiger partial charge < -0.3 is 46.4 Å². The number of benzene rings is 1. The Bertz CT molecular complexity index is 527. The van der Waals surface area contributed by atoms with Crippen molar-refractivity contribution < 1.29 is 40.3 Å². The van der Waals surface area contributed by atoms with Gasteiger partial charge in [0.05, 0.1) is 0 Å². The van der Waals surface area contributed by atoms with Crippen LogP contribution in [0.4, 0.5) is 40.2 Å². The highest BCUT2D eigenvalue weighted by atomic mass is 32.2. The molecule has 0 saturated heterocycles. The first-order valence-electron chi connectivity index (χ1n) is 4.94. The lowest BCUT2D eigenvalue weighted by molar-refractivity contribution is -0.255. The van der Waals surface area contributed by atoms with Gasteiger partial charge in [-0.3, -0.25) is 0 Å². The molecule has 23 heavy (non-hydrogen) atoms. The summed E-state index contributed by atoms with van der Waals surface area (Å²) in [6.07, 6.45) is 0. The Balaban J connectivity index is -0.000000307. The summed E-state index contributed by atoms with van der Waals surface area (Å²) in [6.45, 7) is 0. The van der Waals surface area contributed by atoms with Crippen LogP contribution < -0.4 is 11.9 Å². The van der Waals surface area contributed by atoms with Crippen molar-refractivity contribution >= 4 is 32.0 Å². The third-order valence-corrected chi connectivity index (χ3v) is 1.95. The van der Waals surface area contributed by atoms with E-state index >= 15 is 0 Å². The Morgan fingerprint density at radius 2 is 1.30 bits per heavy atom. The van der Waals surface area contributed by atoms with Crippen LogP contribution in [0, 0.1) is 22.0 Å². The minimum atomic E-state index is -6.00. The molecule has 0 bridgehead atoms. The molecule has 0 fully saturated rings. The molecule has 0 amide bonds. The van der Waals surface area contributed by atoms with Crippen LogP contribution in [0.15, 0.2) is 23.1 Å². The Hall–Kier alpha value is -1.96. The first-order chi connectivity index (χ1) is 9.77. The van der Waals surface area contributed by atoms with Crippen LogP contribution >= 0.6 is 11.8 Å². The molecule has 1 aromatic rings. The number of thiocyanates is 1. The fourth-order valence-corrected chi connectivity index (χ4v) is 1.19. The summed E-state index contributed by atoms with van der Waals surface area (Å²) in [4.78, 5) is 0.779. The van der Waals surface area contributed by atoms with Gasteiger partial charge in [-0.05, 0) is 23.9 Å². The normalized spacial score (nSPS) is 9.70. The maximum Gasteiger partial charge on any atom is 0.673 e. The summed E-state index contributed by atoms with van der Waals surface area (Å²) in [7, 11) is -12.0. The third kappa shape index (κ3) is 25.3. The minimum Gasteiger partial charge on any atom is -0.418 e. The van der Waals surface area contributed by atoms with Crippen molar-refractivity contribution in [3.63, 3.8) is 0 Å². The number of nitriles is 2. The van der Waals surface area contributed by atoms with Crippen molar-refractivity contribution in [1.29, 1.82) is 10.5 Å². The van der Waals surface area contributed by atoms with Gasteiger partial charge in [0.25, 0.3) is 0 Å². The number of quaternary nitrogens is 2. The molecule has 0 spiro atoms. The maximum absolute atomic E-state index is 9.75. The summed E-state index contributed by atoms with van der Waals surface area (Å²) in [5, 5.41) is 18.9. The van der Waals surface area contributed by atoms with Crippen LogP contribution in [0.3, 0.4) is 0 Å². The standard InChI is InChI=1S/C8H5N3S.2BF4.H3N/c9-4-6-3-7(12-5-10)1-2-8(6)11;2*2-1(3,4)5;/h1-3H,11H2;;;1H3/q;2*-1;/p+2.